The Balaban J connectivity index is 1.69. The maximum absolute atomic E-state index is 13.2. The molecule has 0 aliphatic carbocycles. The summed E-state index contributed by atoms with van der Waals surface area (Å²) in [6.45, 7) is 1.35. The summed E-state index contributed by atoms with van der Waals surface area (Å²) in [7, 11) is 1.55. The van der Waals surface area contributed by atoms with E-state index in [0.29, 0.717) is 37.5 Å². The van der Waals surface area contributed by atoms with Gasteiger partial charge in [0.1, 0.15) is 24.4 Å². The molecule has 8 heteroatoms. The number of halogens is 3. The molecule has 1 fully saturated rings. The lowest BCUT2D eigenvalue weighted by atomic mass is 10.1. The summed E-state index contributed by atoms with van der Waals surface area (Å²) in [5, 5.41) is 0. The van der Waals surface area contributed by atoms with Gasteiger partial charge in [-0.1, -0.05) is 0 Å². The number of rotatable bonds is 3. The molecule has 1 aliphatic rings. The zero-order valence-corrected chi connectivity index (χ0v) is 14.2. The second kappa shape index (κ2) is 7.23. The Bertz CT molecular complexity index is 770. The zero-order valence-electron chi connectivity index (χ0n) is 14.2. The minimum absolute atomic E-state index is 0.0385. The van der Waals surface area contributed by atoms with Crippen molar-refractivity contribution in [3.63, 3.8) is 0 Å². The van der Waals surface area contributed by atoms with Gasteiger partial charge in [-0.3, -0.25) is 9.69 Å². The van der Waals surface area contributed by atoms with Crippen molar-refractivity contribution in [1.29, 1.82) is 0 Å². The van der Waals surface area contributed by atoms with E-state index < -0.39 is 11.7 Å². The van der Waals surface area contributed by atoms with Crippen LogP contribution in [0.15, 0.2) is 42.6 Å². The van der Waals surface area contributed by atoms with Crippen LogP contribution in [0.5, 0.6) is 5.75 Å². The third-order valence-corrected chi connectivity index (χ3v) is 4.36. The van der Waals surface area contributed by atoms with Crippen LogP contribution in [-0.4, -0.2) is 44.1 Å². The number of nitrogens with one attached hydrogen (secondary N) is 1. The lowest BCUT2D eigenvalue weighted by Crippen LogP contribution is -2.50. The Hall–Kier alpha value is -2.77. The summed E-state index contributed by atoms with van der Waals surface area (Å²) < 4.78 is 44.6. The number of hydrogen-bond donors (Lipinski definition) is 0. The number of hydrogen-bond acceptors (Lipinski definition) is 3. The van der Waals surface area contributed by atoms with Crippen LogP contribution >= 0.6 is 0 Å². The predicted molar refractivity (Wildman–Crippen MR) is 89.1 cm³/mol. The first-order chi connectivity index (χ1) is 12.4. The van der Waals surface area contributed by atoms with Crippen LogP contribution in [0.1, 0.15) is 15.9 Å². The molecule has 138 valence electrons. The quantitative estimate of drug-likeness (QED) is 0.839. The number of ether oxygens (including phenoxy) is 1. The SMILES string of the molecule is COc1ccc(C(=O)N2CCN(c3[nH+]cccc3C(F)(F)F)CC2)cc1. The zero-order chi connectivity index (χ0) is 18.7. The smallest absolute Gasteiger partial charge is 0.424 e. The summed E-state index contributed by atoms with van der Waals surface area (Å²) in [6.07, 6.45) is -2.96. The maximum atomic E-state index is 13.2. The van der Waals surface area contributed by atoms with E-state index in [1.165, 1.54) is 12.3 Å². The van der Waals surface area contributed by atoms with Gasteiger partial charge in [-0.15, -0.1) is 0 Å². The number of anilines is 1. The highest BCUT2D eigenvalue weighted by atomic mass is 19.4. The van der Waals surface area contributed by atoms with E-state index in [0.717, 1.165) is 6.07 Å². The average molecular weight is 366 g/mol. The number of carbonyl (C=O) groups is 1. The predicted octanol–water partition coefficient (Wildman–Crippen LogP) is 2.49. The number of amides is 1. The van der Waals surface area contributed by atoms with Crippen molar-refractivity contribution in [3.8, 4) is 5.75 Å². The van der Waals surface area contributed by atoms with Gasteiger partial charge in [-0.25, -0.2) is 4.98 Å². The van der Waals surface area contributed by atoms with Crippen LogP contribution in [0.3, 0.4) is 0 Å². The highest BCUT2D eigenvalue weighted by Gasteiger charge is 2.40. The number of piperazine rings is 1. The largest absolute Gasteiger partial charge is 0.497 e. The van der Waals surface area contributed by atoms with Crippen LogP contribution in [0.4, 0.5) is 19.0 Å². The minimum Gasteiger partial charge on any atom is -0.497 e. The van der Waals surface area contributed by atoms with Crippen molar-refractivity contribution in [1.82, 2.24) is 4.90 Å². The Kier molecular flexibility index (Phi) is 5.01. The number of methoxy groups -OCH3 is 1. The molecule has 1 aromatic carbocycles. The Labute approximate surface area is 149 Å². The summed E-state index contributed by atoms with van der Waals surface area (Å²) in [5.41, 5.74) is -0.170. The third kappa shape index (κ3) is 3.74. The van der Waals surface area contributed by atoms with E-state index >= 15 is 0 Å². The topological polar surface area (TPSA) is 46.9 Å². The number of aromatic nitrogens is 1. The van der Waals surface area contributed by atoms with Crippen LogP contribution < -0.4 is 14.6 Å². The molecule has 1 amide bonds. The number of carbonyl (C=O) groups excluding carboxylic acids is 1. The highest BCUT2D eigenvalue weighted by molar-refractivity contribution is 5.94. The number of pyridine rings is 1. The lowest BCUT2D eigenvalue weighted by Gasteiger charge is -2.31. The molecule has 0 saturated carbocycles. The normalized spacial score (nSPS) is 15.1. The molecule has 1 aliphatic heterocycles. The number of alkyl halides is 3. The Morgan fingerprint density at radius 1 is 1.08 bits per heavy atom. The van der Waals surface area contributed by atoms with Crippen molar-refractivity contribution in [2.75, 3.05) is 38.2 Å². The van der Waals surface area contributed by atoms with E-state index in [9.17, 15) is 18.0 Å². The van der Waals surface area contributed by atoms with Crippen molar-refractivity contribution in [3.05, 3.63) is 53.7 Å². The van der Waals surface area contributed by atoms with Crippen LogP contribution in [0.25, 0.3) is 0 Å². The fourth-order valence-electron chi connectivity index (χ4n) is 2.97. The van der Waals surface area contributed by atoms with Gasteiger partial charge in [0.2, 0.25) is 0 Å². The summed E-state index contributed by atoms with van der Waals surface area (Å²) in [6, 6.07) is 9.16. The number of benzene rings is 1. The molecular weight excluding hydrogens is 347 g/mol. The van der Waals surface area contributed by atoms with Crippen molar-refractivity contribution in [2.45, 2.75) is 6.18 Å². The minimum atomic E-state index is -4.43. The maximum Gasteiger partial charge on any atom is 0.424 e. The fraction of sp³-hybridized carbons (Fsp3) is 0.333. The van der Waals surface area contributed by atoms with Gasteiger partial charge in [0.25, 0.3) is 11.7 Å². The van der Waals surface area contributed by atoms with E-state index in [4.69, 9.17) is 4.74 Å². The van der Waals surface area contributed by atoms with E-state index in [-0.39, 0.29) is 11.7 Å². The standard InChI is InChI=1S/C18H18F3N3O2/c1-26-14-6-4-13(5-7-14)17(25)24-11-9-23(10-12-24)16-15(18(19,20)21)3-2-8-22-16/h2-8H,9-12H2,1H3/p+1. The molecule has 2 heterocycles. The number of nitrogens with zero attached hydrogens (tertiary/aromatic N) is 2. The Morgan fingerprint density at radius 2 is 1.73 bits per heavy atom. The molecule has 0 unspecified atom stereocenters. The van der Waals surface area contributed by atoms with Gasteiger partial charge in [-0.05, 0) is 36.4 Å². The highest BCUT2D eigenvalue weighted by Crippen LogP contribution is 2.34. The molecule has 0 spiro atoms. The van der Waals surface area contributed by atoms with E-state index in [1.807, 2.05) is 0 Å². The summed E-state index contributed by atoms with van der Waals surface area (Å²) in [5.74, 6) is 0.558. The van der Waals surface area contributed by atoms with Gasteiger partial charge in [0, 0.05) is 5.56 Å². The average Bonchev–Trinajstić information content (AvgIpc) is 2.67. The number of aromatic amines is 1. The van der Waals surface area contributed by atoms with Crippen LogP contribution in [0, 0.1) is 0 Å². The first-order valence-corrected chi connectivity index (χ1v) is 8.16. The van der Waals surface area contributed by atoms with Gasteiger partial charge in [0.15, 0.2) is 0 Å². The van der Waals surface area contributed by atoms with E-state index in [1.54, 1.807) is 41.2 Å². The van der Waals surface area contributed by atoms with Crippen LogP contribution in [-0.2, 0) is 6.18 Å². The van der Waals surface area contributed by atoms with Crippen molar-refractivity contribution in [2.24, 2.45) is 0 Å². The Morgan fingerprint density at radius 3 is 2.31 bits per heavy atom. The molecule has 0 radical (unpaired) electrons. The van der Waals surface area contributed by atoms with Gasteiger partial charge in [-0.2, -0.15) is 13.2 Å². The van der Waals surface area contributed by atoms with Crippen molar-refractivity contribution >= 4 is 11.7 Å². The molecule has 3 rings (SSSR count). The van der Waals surface area contributed by atoms with Gasteiger partial charge >= 0.3 is 6.18 Å². The molecule has 1 aromatic heterocycles. The fourth-order valence-corrected chi connectivity index (χ4v) is 2.97. The van der Waals surface area contributed by atoms with Crippen LogP contribution in [0.2, 0.25) is 0 Å². The molecule has 5 nitrogen and oxygen atoms in total. The van der Waals surface area contributed by atoms with E-state index in [2.05, 4.69) is 4.98 Å². The molecule has 1 N–H and O–H groups in total. The molecule has 0 atom stereocenters. The van der Waals surface area contributed by atoms with Gasteiger partial charge in [0.05, 0.1) is 26.4 Å². The lowest BCUT2D eigenvalue weighted by molar-refractivity contribution is -0.367. The second-order valence-corrected chi connectivity index (χ2v) is 5.94. The first-order valence-electron chi connectivity index (χ1n) is 8.16. The summed E-state index contributed by atoms with van der Waals surface area (Å²) in [4.78, 5) is 18.5. The third-order valence-electron chi connectivity index (χ3n) is 4.36. The first kappa shape index (κ1) is 18.0. The molecule has 0 bridgehead atoms. The molecule has 26 heavy (non-hydrogen) atoms. The van der Waals surface area contributed by atoms with Gasteiger partial charge < -0.3 is 9.64 Å². The second-order valence-electron chi connectivity index (χ2n) is 5.94. The van der Waals surface area contributed by atoms with Crippen molar-refractivity contribution < 1.29 is 27.7 Å². The molecule has 1 saturated heterocycles. The number of H-pyrrole nitrogens is 1. The molecular formula is C18H19F3N3O2+. The molecule has 2 aromatic rings. The summed E-state index contributed by atoms with van der Waals surface area (Å²) >= 11 is 0. The monoisotopic (exact) mass is 366 g/mol.